The number of rotatable bonds is 7. The van der Waals surface area contributed by atoms with E-state index in [1.54, 1.807) is 13.2 Å². The number of amides is 1. The van der Waals surface area contributed by atoms with E-state index in [4.69, 9.17) is 16.3 Å². The van der Waals surface area contributed by atoms with Gasteiger partial charge in [-0.2, -0.15) is 0 Å². The van der Waals surface area contributed by atoms with Crippen molar-refractivity contribution >= 4 is 29.3 Å². The molecule has 0 aromatic rings. The number of carbonyl (C=O) groups excluding carboxylic acids is 1. The zero-order valence-corrected chi connectivity index (χ0v) is 18.0. The number of aliphatic hydroxyl groups excluding tert-OH is 3. The van der Waals surface area contributed by atoms with E-state index in [-0.39, 0.29) is 11.9 Å². The van der Waals surface area contributed by atoms with Crippen LogP contribution in [0.1, 0.15) is 33.1 Å². The number of hydrogen-bond acceptors (Lipinski definition) is 7. The lowest BCUT2D eigenvalue weighted by Crippen LogP contribution is -2.65. The molecule has 2 fully saturated rings. The van der Waals surface area contributed by atoms with Crippen LogP contribution in [0.3, 0.4) is 0 Å². The van der Waals surface area contributed by atoms with Crippen molar-refractivity contribution < 1.29 is 24.9 Å². The van der Waals surface area contributed by atoms with E-state index >= 15 is 0 Å². The molecule has 158 valence electrons. The Morgan fingerprint density at radius 2 is 2.00 bits per heavy atom. The molecule has 2 rings (SSSR count). The van der Waals surface area contributed by atoms with Gasteiger partial charge < -0.3 is 25.4 Å². The first-order valence-corrected chi connectivity index (χ1v) is 11.3. The highest BCUT2D eigenvalue weighted by molar-refractivity contribution is 7.99. The van der Waals surface area contributed by atoms with Gasteiger partial charge in [-0.1, -0.05) is 13.3 Å². The summed E-state index contributed by atoms with van der Waals surface area (Å²) >= 11 is 7.55. The number of carbonyl (C=O) groups is 1. The standard InChI is InChI=1S/C18H33ClN2O5S/c1-5-6-10-7-11(21(3)8-10)17(25)20-12(9(2)19)16-14(23)13(22)15(24)18(26-16)27-4/h9-16,18,22-24H,5-8H2,1-4H3,(H,20,25)/t9-,10-,11+,12-,13+,14-,15+,16-,18+/m1/s1. The van der Waals surface area contributed by atoms with Crippen LogP contribution in [0.4, 0.5) is 0 Å². The number of ether oxygens (including phenoxy) is 1. The average molecular weight is 425 g/mol. The molecule has 2 aliphatic rings. The number of halogens is 1. The number of aliphatic hydroxyl groups is 3. The summed E-state index contributed by atoms with van der Waals surface area (Å²) < 4.78 is 5.79. The molecule has 0 aliphatic carbocycles. The van der Waals surface area contributed by atoms with Gasteiger partial charge >= 0.3 is 0 Å². The zero-order chi connectivity index (χ0) is 20.3. The summed E-state index contributed by atoms with van der Waals surface area (Å²) in [5, 5.41) is 33.0. The van der Waals surface area contributed by atoms with E-state index in [1.165, 1.54) is 11.8 Å². The predicted molar refractivity (Wildman–Crippen MR) is 107 cm³/mol. The second kappa shape index (κ2) is 10.1. The number of nitrogens with zero attached hydrogens (tertiary/aromatic N) is 1. The van der Waals surface area contributed by atoms with Gasteiger partial charge in [-0.25, -0.2) is 0 Å². The fourth-order valence-corrected chi connectivity index (χ4v) is 5.00. The van der Waals surface area contributed by atoms with Crippen LogP contribution in [0.25, 0.3) is 0 Å². The van der Waals surface area contributed by atoms with Crippen LogP contribution in [0.5, 0.6) is 0 Å². The molecule has 2 saturated heterocycles. The molecule has 9 atom stereocenters. The maximum Gasteiger partial charge on any atom is 0.237 e. The first kappa shape index (κ1) is 23.2. The molecule has 0 radical (unpaired) electrons. The molecule has 0 aromatic carbocycles. The van der Waals surface area contributed by atoms with Crippen molar-refractivity contribution in [3.8, 4) is 0 Å². The summed E-state index contributed by atoms with van der Waals surface area (Å²) in [6, 6.07) is -0.934. The van der Waals surface area contributed by atoms with E-state index < -0.39 is 41.3 Å². The Bertz CT molecular complexity index is 498. The van der Waals surface area contributed by atoms with Crippen LogP contribution in [0.15, 0.2) is 0 Å². The van der Waals surface area contributed by atoms with Crippen LogP contribution in [0.2, 0.25) is 0 Å². The van der Waals surface area contributed by atoms with Crippen molar-refractivity contribution in [2.75, 3.05) is 19.8 Å². The number of alkyl halides is 1. The quantitative estimate of drug-likeness (QED) is 0.438. The number of nitrogens with one attached hydrogen (secondary N) is 1. The molecule has 0 unspecified atom stereocenters. The van der Waals surface area contributed by atoms with Gasteiger partial charge in [0.15, 0.2) is 0 Å². The molecule has 7 nitrogen and oxygen atoms in total. The summed E-state index contributed by atoms with van der Waals surface area (Å²) in [6.07, 6.45) is -0.0980. The minimum atomic E-state index is -1.36. The Balaban J connectivity index is 2.09. The highest BCUT2D eigenvalue weighted by Gasteiger charge is 2.48. The lowest BCUT2D eigenvalue weighted by Gasteiger charge is -2.44. The van der Waals surface area contributed by atoms with Crippen LogP contribution in [-0.4, -0.2) is 93.3 Å². The molecule has 2 aliphatic heterocycles. The number of hydrogen-bond donors (Lipinski definition) is 4. The maximum atomic E-state index is 12.9. The summed E-state index contributed by atoms with van der Waals surface area (Å²) in [7, 11) is 1.94. The molecular formula is C18H33ClN2O5S. The third-order valence-corrected chi connectivity index (χ3v) is 6.76. The molecule has 9 heteroatoms. The van der Waals surface area contributed by atoms with Gasteiger partial charge in [-0.3, -0.25) is 9.69 Å². The largest absolute Gasteiger partial charge is 0.388 e. The molecule has 4 N–H and O–H groups in total. The van der Waals surface area contributed by atoms with Crippen LogP contribution >= 0.6 is 23.4 Å². The number of likely N-dealkylation sites (N-methyl/N-ethyl adjacent to an activating group) is 1. The highest BCUT2D eigenvalue weighted by Crippen LogP contribution is 2.31. The molecule has 0 bridgehead atoms. The predicted octanol–water partition coefficient (Wildman–Crippen LogP) is 0.390. The lowest BCUT2D eigenvalue weighted by atomic mass is 9.92. The van der Waals surface area contributed by atoms with Crippen molar-refractivity contribution in [2.45, 2.75) is 80.4 Å². The third kappa shape index (κ3) is 5.29. The number of thioether (sulfide) groups is 1. The number of likely N-dealkylation sites (tertiary alicyclic amines) is 1. The molecule has 1 amide bonds. The molecular weight excluding hydrogens is 392 g/mol. The fraction of sp³-hybridized carbons (Fsp3) is 0.944. The van der Waals surface area contributed by atoms with Gasteiger partial charge in [0.1, 0.15) is 29.9 Å². The maximum absolute atomic E-state index is 12.9. The molecule has 27 heavy (non-hydrogen) atoms. The van der Waals surface area contributed by atoms with E-state index in [2.05, 4.69) is 12.2 Å². The smallest absolute Gasteiger partial charge is 0.237 e. The Hall–Kier alpha value is -0.0900. The van der Waals surface area contributed by atoms with E-state index in [1.807, 2.05) is 11.9 Å². The average Bonchev–Trinajstić information content (AvgIpc) is 2.99. The van der Waals surface area contributed by atoms with Crippen molar-refractivity contribution in [3.63, 3.8) is 0 Å². The topological polar surface area (TPSA) is 102 Å². The van der Waals surface area contributed by atoms with Crippen molar-refractivity contribution in [1.29, 1.82) is 0 Å². The second-order valence-electron chi connectivity index (χ2n) is 7.73. The van der Waals surface area contributed by atoms with Gasteiger partial charge in [-0.15, -0.1) is 23.4 Å². The van der Waals surface area contributed by atoms with E-state index in [0.717, 1.165) is 25.8 Å². The Morgan fingerprint density at radius 1 is 1.33 bits per heavy atom. The molecule has 0 aromatic heterocycles. The third-order valence-electron chi connectivity index (χ3n) is 5.63. The van der Waals surface area contributed by atoms with Crippen molar-refractivity contribution in [1.82, 2.24) is 10.2 Å². The van der Waals surface area contributed by atoms with Crippen molar-refractivity contribution in [3.05, 3.63) is 0 Å². The summed E-state index contributed by atoms with van der Waals surface area (Å²) in [5.41, 5.74) is -0.702. The second-order valence-corrected chi connectivity index (χ2v) is 9.36. The molecule has 0 saturated carbocycles. The lowest BCUT2D eigenvalue weighted by molar-refractivity contribution is -0.205. The van der Waals surface area contributed by atoms with Gasteiger partial charge in [-0.05, 0) is 39.0 Å². The van der Waals surface area contributed by atoms with Crippen LogP contribution in [0, 0.1) is 5.92 Å². The Labute approximate surface area is 170 Å². The van der Waals surface area contributed by atoms with Gasteiger partial charge in [0, 0.05) is 6.54 Å². The van der Waals surface area contributed by atoms with Gasteiger partial charge in [0.25, 0.3) is 0 Å². The van der Waals surface area contributed by atoms with Crippen LogP contribution < -0.4 is 5.32 Å². The Kier molecular flexibility index (Phi) is 8.67. The molecule has 2 heterocycles. The minimum Gasteiger partial charge on any atom is -0.388 e. The monoisotopic (exact) mass is 424 g/mol. The van der Waals surface area contributed by atoms with Crippen LogP contribution in [-0.2, 0) is 9.53 Å². The Morgan fingerprint density at radius 3 is 2.56 bits per heavy atom. The van der Waals surface area contributed by atoms with E-state index in [0.29, 0.717) is 5.92 Å². The van der Waals surface area contributed by atoms with Gasteiger partial charge in [0.05, 0.1) is 17.5 Å². The van der Waals surface area contributed by atoms with Gasteiger partial charge in [0.2, 0.25) is 5.91 Å². The fourth-order valence-electron chi connectivity index (χ4n) is 4.11. The first-order valence-electron chi connectivity index (χ1n) is 9.58. The summed E-state index contributed by atoms with van der Waals surface area (Å²) in [6.45, 7) is 4.74. The normalized spacial score (nSPS) is 39.9. The van der Waals surface area contributed by atoms with Crippen molar-refractivity contribution in [2.24, 2.45) is 5.92 Å². The van der Waals surface area contributed by atoms with E-state index in [9.17, 15) is 20.1 Å². The zero-order valence-electron chi connectivity index (χ0n) is 16.4. The SMILES string of the molecule is CCC[C@@H]1C[C@@H](C(=O)N[C@@H]([C@H]2O[C@@H](SC)[C@@H](O)[C@@H](O)[C@H]2O)[C@@H](C)Cl)N(C)C1. The molecule has 0 spiro atoms. The summed E-state index contributed by atoms with van der Waals surface area (Å²) in [4.78, 5) is 14.9. The first-order chi connectivity index (χ1) is 12.7. The highest BCUT2D eigenvalue weighted by atomic mass is 35.5. The minimum absolute atomic E-state index is 0.147. The summed E-state index contributed by atoms with van der Waals surface area (Å²) in [5.74, 6) is 0.350.